The summed E-state index contributed by atoms with van der Waals surface area (Å²) in [5.41, 5.74) is 2.57. The molecule has 10 heavy (non-hydrogen) atoms. The van der Waals surface area contributed by atoms with Crippen LogP contribution in [0.1, 0.15) is 5.56 Å². The van der Waals surface area contributed by atoms with Crippen LogP contribution in [0.15, 0.2) is 16.0 Å². The van der Waals surface area contributed by atoms with Gasteiger partial charge in [-0.3, -0.25) is 0 Å². The molecule has 0 bridgehead atoms. The van der Waals surface area contributed by atoms with Gasteiger partial charge in [-0.15, -0.1) is 11.3 Å². The molecule has 0 radical (unpaired) electrons. The second-order valence-electron chi connectivity index (χ2n) is 2.22. The Labute approximate surface area is 71.2 Å². The third-order valence-corrected chi connectivity index (χ3v) is 3.70. The van der Waals surface area contributed by atoms with Gasteiger partial charge in [-0.1, -0.05) is 0 Å². The summed E-state index contributed by atoms with van der Waals surface area (Å²) in [7, 11) is 0. The number of aromatic nitrogens is 1. The van der Waals surface area contributed by atoms with Gasteiger partial charge in [0.15, 0.2) is 0 Å². The first-order chi connectivity index (χ1) is 4.79. The molecule has 0 atom stereocenters. The molecule has 0 aliphatic carbocycles. The van der Waals surface area contributed by atoms with Crippen LogP contribution in [-0.4, -0.2) is 4.98 Å². The molecule has 52 valence electrons. The summed E-state index contributed by atoms with van der Waals surface area (Å²) >= 11 is 5.26. The summed E-state index contributed by atoms with van der Waals surface area (Å²) in [6.45, 7) is 2.11. The van der Waals surface area contributed by atoms with E-state index in [4.69, 9.17) is 0 Å². The molecule has 0 unspecified atom stereocenters. The molecule has 0 saturated heterocycles. The van der Waals surface area contributed by atoms with Crippen molar-refractivity contribution in [3.05, 3.63) is 21.6 Å². The van der Waals surface area contributed by atoms with Crippen LogP contribution in [0.4, 0.5) is 0 Å². The molecule has 0 aliphatic rings. The van der Waals surface area contributed by atoms with E-state index in [0.29, 0.717) is 0 Å². The molecule has 3 heteroatoms. The minimum Gasteiger partial charge on any atom is -0.360 e. The molecule has 0 fully saturated rings. The third kappa shape index (κ3) is 0.739. The topological polar surface area (TPSA) is 15.8 Å². The Hall–Kier alpha value is -0.280. The van der Waals surface area contributed by atoms with E-state index in [0.717, 1.165) is 0 Å². The minimum absolute atomic E-state index is 1.23. The van der Waals surface area contributed by atoms with Gasteiger partial charge in [-0.05, 0) is 34.5 Å². The molecule has 2 rings (SSSR count). The standard InChI is InChI=1S/C7H6BrNS/c1-4-6-5(2-3-9-6)10-7(4)8/h2-3,9H,1H3. The van der Waals surface area contributed by atoms with Gasteiger partial charge < -0.3 is 4.98 Å². The van der Waals surface area contributed by atoms with E-state index in [-0.39, 0.29) is 0 Å². The Bertz CT molecular complexity index is 360. The molecule has 0 aliphatic heterocycles. The maximum absolute atomic E-state index is 3.49. The smallest absolute Gasteiger partial charge is 0.0755 e. The van der Waals surface area contributed by atoms with E-state index in [1.165, 1.54) is 19.6 Å². The maximum atomic E-state index is 3.49. The van der Waals surface area contributed by atoms with Crippen molar-refractivity contribution in [3.8, 4) is 0 Å². The average molecular weight is 216 g/mol. The summed E-state index contributed by atoms with van der Waals surface area (Å²) < 4.78 is 2.55. The first-order valence-electron chi connectivity index (χ1n) is 3.01. The van der Waals surface area contributed by atoms with Crippen molar-refractivity contribution >= 4 is 37.5 Å². The van der Waals surface area contributed by atoms with Crippen LogP contribution in [0.25, 0.3) is 10.2 Å². The molecule has 2 aromatic rings. The largest absolute Gasteiger partial charge is 0.360 e. The summed E-state index contributed by atoms with van der Waals surface area (Å²) in [4.78, 5) is 3.19. The Morgan fingerprint density at radius 1 is 1.60 bits per heavy atom. The van der Waals surface area contributed by atoms with E-state index in [1.54, 1.807) is 11.3 Å². The van der Waals surface area contributed by atoms with Crippen molar-refractivity contribution in [2.24, 2.45) is 0 Å². The Balaban J connectivity index is 2.95. The molecule has 2 heterocycles. The van der Waals surface area contributed by atoms with Crippen LogP contribution < -0.4 is 0 Å². The van der Waals surface area contributed by atoms with Gasteiger partial charge in [-0.2, -0.15) is 0 Å². The zero-order valence-corrected chi connectivity index (χ0v) is 7.84. The Kier molecular flexibility index (Phi) is 1.35. The van der Waals surface area contributed by atoms with Crippen LogP contribution in [0.3, 0.4) is 0 Å². The molecule has 1 nitrogen and oxygen atoms in total. The minimum atomic E-state index is 1.23. The zero-order chi connectivity index (χ0) is 7.14. The monoisotopic (exact) mass is 215 g/mol. The van der Waals surface area contributed by atoms with Gasteiger partial charge in [0.05, 0.1) is 14.0 Å². The highest BCUT2D eigenvalue weighted by Gasteiger charge is 2.04. The number of aryl methyl sites for hydroxylation is 1. The van der Waals surface area contributed by atoms with Gasteiger partial charge >= 0.3 is 0 Å². The molecular formula is C7H6BrNS. The number of fused-ring (bicyclic) bond motifs is 1. The quantitative estimate of drug-likeness (QED) is 0.695. The number of hydrogen-bond donors (Lipinski definition) is 1. The SMILES string of the molecule is Cc1c(Br)sc2cc[nH]c12. The fraction of sp³-hybridized carbons (Fsp3) is 0.143. The van der Waals surface area contributed by atoms with Gasteiger partial charge in [0, 0.05) is 6.20 Å². The molecule has 1 N–H and O–H groups in total. The highest BCUT2D eigenvalue weighted by Crippen LogP contribution is 2.33. The Morgan fingerprint density at radius 2 is 2.40 bits per heavy atom. The van der Waals surface area contributed by atoms with Crippen molar-refractivity contribution in [1.82, 2.24) is 4.98 Å². The number of rotatable bonds is 0. The van der Waals surface area contributed by atoms with Crippen LogP contribution in [-0.2, 0) is 0 Å². The van der Waals surface area contributed by atoms with Crippen molar-refractivity contribution in [2.75, 3.05) is 0 Å². The van der Waals surface area contributed by atoms with E-state index >= 15 is 0 Å². The first-order valence-corrected chi connectivity index (χ1v) is 4.62. The van der Waals surface area contributed by atoms with Gasteiger partial charge in [-0.25, -0.2) is 0 Å². The molecule has 0 aromatic carbocycles. The number of hydrogen-bond acceptors (Lipinski definition) is 1. The lowest BCUT2D eigenvalue weighted by molar-refractivity contribution is 1.43. The predicted octanol–water partition coefficient (Wildman–Crippen LogP) is 3.30. The van der Waals surface area contributed by atoms with Gasteiger partial charge in [0.25, 0.3) is 0 Å². The van der Waals surface area contributed by atoms with Crippen LogP contribution in [0.5, 0.6) is 0 Å². The highest BCUT2D eigenvalue weighted by atomic mass is 79.9. The number of aromatic amines is 1. The molecular weight excluding hydrogens is 210 g/mol. The second-order valence-corrected chi connectivity index (χ2v) is 4.59. The lowest BCUT2D eigenvalue weighted by atomic mass is 10.3. The summed E-state index contributed by atoms with van der Waals surface area (Å²) in [5.74, 6) is 0. The first kappa shape index (κ1) is 6.43. The molecule has 0 spiro atoms. The summed E-state index contributed by atoms with van der Waals surface area (Å²) in [6, 6.07) is 2.09. The number of nitrogens with one attached hydrogen (secondary N) is 1. The van der Waals surface area contributed by atoms with Gasteiger partial charge in [0.2, 0.25) is 0 Å². The van der Waals surface area contributed by atoms with Crippen LogP contribution in [0.2, 0.25) is 0 Å². The maximum Gasteiger partial charge on any atom is 0.0755 e. The fourth-order valence-electron chi connectivity index (χ4n) is 1.00. The molecule has 2 aromatic heterocycles. The van der Waals surface area contributed by atoms with Crippen LogP contribution in [0, 0.1) is 6.92 Å². The van der Waals surface area contributed by atoms with Crippen LogP contribution >= 0.6 is 27.3 Å². The molecule has 0 saturated carbocycles. The van der Waals surface area contributed by atoms with E-state index < -0.39 is 0 Å². The predicted molar refractivity (Wildman–Crippen MR) is 48.6 cm³/mol. The number of H-pyrrole nitrogens is 1. The van der Waals surface area contributed by atoms with Crippen molar-refractivity contribution in [1.29, 1.82) is 0 Å². The number of halogens is 1. The van der Waals surface area contributed by atoms with E-state index in [1.807, 2.05) is 6.20 Å². The Morgan fingerprint density at radius 3 is 3.10 bits per heavy atom. The normalized spacial score (nSPS) is 11.0. The summed E-state index contributed by atoms with van der Waals surface area (Å²) in [5, 5.41) is 0. The highest BCUT2D eigenvalue weighted by molar-refractivity contribution is 9.11. The van der Waals surface area contributed by atoms with Crippen molar-refractivity contribution in [3.63, 3.8) is 0 Å². The number of thiophene rings is 1. The summed E-state index contributed by atoms with van der Waals surface area (Å²) in [6.07, 6.45) is 1.97. The fourth-order valence-corrected chi connectivity index (χ4v) is 2.62. The van der Waals surface area contributed by atoms with E-state index in [2.05, 4.69) is 33.9 Å². The van der Waals surface area contributed by atoms with E-state index in [9.17, 15) is 0 Å². The lowest BCUT2D eigenvalue weighted by Crippen LogP contribution is -1.65. The lowest BCUT2D eigenvalue weighted by Gasteiger charge is -1.82. The average Bonchev–Trinajstić information content (AvgIpc) is 2.41. The third-order valence-electron chi connectivity index (χ3n) is 1.58. The van der Waals surface area contributed by atoms with Gasteiger partial charge in [0.1, 0.15) is 0 Å². The van der Waals surface area contributed by atoms with Crippen molar-refractivity contribution < 1.29 is 0 Å². The van der Waals surface area contributed by atoms with Crippen molar-refractivity contribution in [2.45, 2.75) is 6.92 Å². The molecule has 0 amide bonds. The second kappa shape index (κ2) is 2.10. The zero-order valence-electron chi connectivity index (χ0n) is 5.44.